The third-order valence-electron chi connectivity index (χ3n) is 5.09. The summed E-state index contributed by atoms with van der Waals surface area (Å²) in [6, 6.07) is 14.8. The number of nitrogens with one attached hydrogen (secondary N) is 1. The van der Waals surface area contributed by atoms with Crippen LogP contribution in [0.4, 0.5) is 5.69 Å². The van der Waals surface area contributed by atoms with Crippen molar-refractivity contribution >= 4 is 29.3 Å². The molecule has 8 heteroatoms. The van der Waals surface area contributed by atoms with E-state index >= 15 is 0 Å². The van der Waals surface area contributed by atoms with E-state index in [4.69, 9.17) is 9.47 Å². The van der Waals surface area contributed by atoms with Gasteiger partial charge in [0.15, 0.2) is 11.5 Å². The molecular formula is C27H31N3O4S. The summed E-state index contributed by atoms with van der Waals surface area (Å²) in [5.41, 5.74) is 3.31. The second-order valence-electron chi connectivity index (χ2n) is 7.96. The minimum atomic E-state index is -0.320. The normalized spacial score (nSPS) is 10.5. The first-order chi connectivity index (χ1) is 16.8. The van der Waals surface area contributed by atoms with Crippen molar-refractivity contribution < 1.29 is 19.1 Å². The Kier molecular flexibility index (Phi) is 9.14. The van der Waals surface area contributed by atoms with Crippen LogP contribution in [0.1, 0.15) is 35.3 Å². The van der Waals surface area contributed by atoms with Gasteiger partial charge < -0.3 is 19.7 Å². The highest BCUT2D eigenvalue weighted by Crippen LogP contribution is 2.32. The fraction of sp³-hybridized carbons (Fsp3) is 0.296. The number of carbonyl (C=O) groups excluding carboxylic acids is 2. The summed E-state index contributed by atoms with van der Waals surface area (Å²) in [7, 11) is 1.60. The molecule has 3 rings (SSSR count). The van der Waals surface area contributed by atoms with Crippen molar-refractivity contribution in [1.29, 1.82) is 0 Å². The summed E-state index contributed by atoms with van der Waals surface area (Å²) < 4.78 is 11.2. The zero-order valence-electron chi connectivity index (χ0n) is 20.8. The van der Waals surface area contributed by atoms with Crippen molar-refractivity contribution in [2.45, 2.75) is 37.6 Å². The minimum absolute atomic E-state index is 0.113. The maximum absolute atomic E-state index is 13.2. The lowest BCUT2D eigenvalue weighted by molar-refractivity contribution is -0.116. The SMILES string of the molecule is CCOc1ccc(NC(=O)CN(C)C(=O)c2cccnc2Sc2ccc(C)cc2C)cc1OCC. The molecule has 1 heterocycles. The van der Waals surface area contributed by atoms with Crippen LogP contribution >= 0.6 is 11.8 Å². The predicted octanol–water partition coefficient (Wildman–Crippen LogP) is 5.36. The molecule has 3 aromatic rings. The number of amides is 2. The molecule has 1 aromatic heterocycles. The Morgan fingerprint density at radius 1 is 1.00 bits per heavy atom. The van der Waals surface area contributed by atoms with Crippen LogP contribution in [0.25, 0.3) is 0 Å². The molecule has 0 saturated heterocycles. The molecule has 0 atom stereocenters. The molecule has 0 saturated carbocycles. The monoisotopic (exact) mass is 493 g/mol. The second kappa shape index (κ2) is 12.3. The van der Waals surface area contributed by atoms with Crippen molar-refractivity contribution in [2.75, 3.05) is 32.1 Å². The van der Waals surface area contributed by atoms with E-state index in [9.17, 15) is 9.59 Å². The number of aromatic nitrogens is 1. The number of nitrogens with zero attached hydrogens (tertiary/aromatic N) is 2. The molecule has 2 aromatic carbocycles. The second-order valence-corrected chi connectivity index (χ2v) is 8.99. The number of anilines is 1. The van der Waals surface area contributed by atoms with Gasteiger partial charge in [-0.15, -0.1) is 0 Å². The highest BCUT2D eigenvalue weighted by atomic mass is 32.2. The quantitative estimate of drug-likeness (QED) is 0.410. The van der Waals surface area contributed by atoms with Crippen LogP contribution in [0.5, 0.6) is 11.5 Å². The molecule has 0 bridgehead atoms. The van der Waals surface area contributed by atoms with Crippen LogP contribution < -0.4 is 14.8 Å². The van der Waals surface area contributed by atoms with Crippen molar-refractivity contribution in [3.05, 3.63) is 71.4 Å². The third kappa shape index (κ3) is 6.99. The maximum atomic E-state index is 13.2. The van der Waals surface area contributed by atoms with Gasteiger partial charge in [0.05, 0.1) is 25.3 Å². The zero-order valence-corrected chi connectivity index (χ0v) is 21.6. The molecule has 0 aliphatic rings. The number of benzene rings is 2. The topological polar surface area (TPSA) is 80.8 Å². The molecule has 0 aliphatic heterocycles. The molecule has 0 unspecified atom stereocenters. The Bertz CT molecular complexity index is 1200. The van der Waals surface area contributed by atoms with Crippen LogP contribution in [0.2, 0.25) is 0 Å². The van der Waals surface area contributed by atoms with Gasteiger partial charge in [-0.25, -0.2) is 4.98 Å². The van der Waals surface area contributed by atoms with Gasteiger partial charge in [0, 0.05) is 29.9 Å². The first-order valence-corrected chi connectivity index (χ1v) is 12.3. The molecule has 1 N–H and O–H groups in total. The van der Waals surface area contributed by atoms with Gasteiger partial charge >= 0.3 is 0 Å². The number of ether oxygens (including phenoxy) is 2. The van der Waals surface area contributed by atoms with Crippen molar-refractivity contribution in [1.82, 2.24) is 9.88 Å². The first kappa shape index (κ1) is 26.1. The van der Waals surface area contributed by atoms with Gasteiger partial charge in [-0.2, -0.15) is 0 Å². The van der Waals surface area contributed by atoms with Crippen LogP contribution in [0, 0.1) is 13.8 Å². The molecular weight excluding hydrogens is 462 g/mol. The molecule has 184 valence electrons. The zero-order chi connectivity index (χ0) is 25.4. The van der Waals surface area contributed by atoms with E-state index in [2.05, 4.69) is 16.4 Å². The Hall–Kier alpha value is -3.52. The van der Waals surface area contributed by atoms with Crippen LogP contribution in [-0.2, 0) is 4.79 Å². The highest BCUT2D eigenvalue weighted by Gasteiger charge is 2.20. The van der Waals surface area contributed by atoms with Gasteiger partial charge in [0.1, 0.15) is 5.03 Å². The van der Waals surface area contributed by atoms with Gasteiger partial charge in [-0.1, -0.05) is 29.5 Å². The lowest BCUT2D eigenvalue weighted by atomic mass is 10.2. The van der Waals surface area contributed by atoms with Gasteiger partial charge in [0.25, 0.3) is 5.91 Å². The highest BCUT2D eigenvalue weighted by molar-refractivity contribution is 7.99. The number of rotatable bonds is 10. The van der Waals surface area contributed by atoms with E-state index in [0.29, 0.717) is 41.0 Å². The third-order valence-corrected chi connectivity index (χ3v) is 6.29. The summed E-state index contributed by atoms with van der Waals surface area (Å²) in [6.07, 6.45) is 1.66. The van der Waals surface area contributed by atoms with E-state index < -0.39 is 0 Å². The average Bonchev–Trinajstić information content (AvgIpc) is 2.82. The fourth-order valence-corrected chi connectivity index (χ4v) is 4.42. The number of pyridine rings is 1. The van der Waals surface area contributed by atoms with Crippen LogP contribution in [0.15, 0.2) is 64.6 Å². The fourth-order valence-electron chi connectivity index (χ4n) is 3.48. The molecule has 0 spiro atoms. The summed E-state index contributed by atoms with van der Waals surface area (Å²) in [6.45, 7) is 8.73. The summed E-state index contributed by atoms with van der Waals surface area (Å²) in [5.74, 6) is 0.576. The molecule has 2 amide bonds. The number of carbonyl (C=O) groups is 2. The number of hydrogen-bond donors (Lipinski definition) is 1. The van der Waals surface area contributed by atoms with Crippen molar-refractivity contribution in [3.8, 4) is 11.5 Å². The maximum Gasteiger partial charge on any atom is 0.256 e. The van der Waals surface area contributed by atoms with E-state index in [-0.39, 0.29) is 18.4 Å². The first-order valence-electron chi connectivity index (χ1n) is 11.5. The molecule has 0 aliphatic carbocycles. The van der Waals surface area contributed by atoms with E-state index in [0.717, 1.165) is 10.5 Å². The van der Waals surface area contributed by atoms with Crippen LogP contribution in [0.3, 0.4) is 0 Å². The summed E-state index contributed by atoms with van der Waals surface area (Å²) in [5, 5.41) is 3.43. The number of likely N-dealkylation sites (N-methyl/N-ethyl adjacent to an activating group) is 1. The Labute approximate surface area is 210 Å². The van der Waals surface area contributed by atoms with Crippen molar-refractivity contribution in [3.63, 3.8) is 0 Å². The largest absolute Gasteiger partial charge is 0.490 e. The summed E-state index contributed by atoms with van der Waals surface area (Å²) in [4.78, 5) is 32.7. The van der Waals surface area contributed by atoms with E-state index in [1.165, 1.54) is 22.2 Å². The average molecular weight is 494 g/mol. The molecule has 7 nitrogen and oxygen atoms in total. The Morgan fingerprint density at radius 2 is 1.74 bits per heavy atom. The lowest BCUT2D eigenvalue weighted by Gasteiger charge is -2.19. The van der Waals surface area contributed by atoms with Gasteiger partial charge in [-0.3, -0.25) is 9.59 Å². The van der Waals surface area contributed by atoms with Gasteiger partial charge in [0.2, 0.25) is 5.91 Å². The van der Waals surface area contributed by atoms with Gasteiger partial charge in [-0.05, 0) is 63.6 Å². The lowest BCUT2D eigenvalue weighted by Crippen LogP contribution is -2.35. The Morgan fingerprint density at radius 3 is 2.46 bits per heavy atom. The minimum Gasteiger partial charge on any atom is -0.490 e. The van der Waals surface area contributed by atoms with Crippen LogP contribution in [-0.4, -0.2) is 48.5 Å². The van der Waals surface area contributed by atoms with Crippen molar-refractivity contribution in [2.24, 2.45) is 0 Å². The molecule has 0 radical (unpaired) electrons. The van der Waals surface area contributed by atoms with E-state index in [1.807, 2.05) is 39.8 Å². The molecule has 35 heavy (non-hydrogen) atoms. The molecule has 0 fully saturated rings. The number of hydrogen-bond acceptors (Lipinski definition) is 6. The predicted molar refractivity (Wildman–Crippen MR) is 139 cm³/mol. The number of aryl methyl sites for hydroxylation is 2. The standard InChI is InChI=1S/C27H31N3O4S/c1-6-33-22-12-11-20(16-23(22)34-7-2)29-25(31)17-30(5)27(32)21-9-8-14-28-26(21)35-24-13-10-18(3)15-19(24)4/h8-16H,6-7,17H2,1-5H3,(H,29,31). The smallest absolute Gasteiger partial charge is 0.256 e. The Balaban J connectivity index is 1.69. The summed E-state index contributed by atoms with van der Waals surface area (Å²) >= 11 is 1.44. The van der Waals surface area contributed by atoms with E-state index in [1.54, 1.807) is 43.6 Å².